The van der Waals surface area contributed by atoms with Crippen LogP contribution in [0.15, 0.2) is 48.0 Å². The van der Waals surface area contributed by atoms with Crippen molar-refractivity contribution in [2.45, 2.75) is 25.2 Å². The summed E-state index contributed by atoms with van der Waals surface area (Å²) in [4.78, 5) is 33.4. The topological polar surface area (TPSA) is 115 Å². The van der Waals surface area contributed by atoms with Gasteiger partial charge >= 0.3 is 5.97 Å². The molecule has 180 valence electrons. The lowest BCUT2D eigenvalue weighted by Crippen LogP contribution is -2.35. The number of ether oxygens (including phenoxy) is 2. The minimum absolute atomic E-state index is 0.345. The first-order valence-electron chi connectivity index (χ1n) is 11.1. The minimum atomic E-state index is -0.549. The minimum Gasteiger partial charge on any atom is -0.465 e. The van der Waals surface area contributed by atoms with E-state index in [2.05, 4.69) is 4.98 Å². The highest BCUT2D eigenvalue weighted by Crippen LogP contribution is 2.44. The van der Waals surface area contributed by atoms with E-state index in [0.29, 0.717) is 30.0 Å². The van der Waals surface area contributed by atoms with Crippen LogP contribution in [0.2, 0.25) is 0 Å². The van der Waals surface area contributed by atoms with E-state index < -0.39 is 11.9 Å². The van der Waals surface area contributed by atoms with Crippen molar-refractivity contribution in [3.63, 3.8) is 0 Å². The molecule has 10 heteroatoms. The molecule has 4 aromatic rings. The number of nitrogens with one attached hydrogen (secondary N) is 1. The summed E-state index contributed by atoms with van der Waals surface area (Å²) in [5.41, 5.74) is 6.33. The van der Waals surface area contributed by atoms with Gasteiger partial charge in [0.1, 0.15) is 16.3 Å². The first kappa shape index (κ1) is 23.2. The first-order valence-corrected chi connectivity index (χ1v) is 12.0. The van der Waals surface area contributed by atoms with Crippen LogP contribution in [0.1, 0.15) is 49.8 Å². The van der Waals surface area contributed by atoms with Crippen molar-refractivity contribution in [2.75, 3.05) is 20.3 Å². The summed E-state index contributed by atoms with van der Waals surface area (Å²) in [7, 11) is 1.35. The van der Waals surface area contributed by atoms with Crippen LogP contribution in [0, 0.1) is 6.92 Å². The third-order valence-electron chi connectivity index (χ3n) is 6.53. The third-order valence-corrected chi connectivity index (χ3v) is 7.57. The van der Waals surface area contributed by atoms with Gasteiger partial charge in [0.15, 0.2) is 0 Å². The van der Waals surface area contributed by atoms with Crippen molar-refractivity contribution < 1.29 is 24.3 Å². The summed E-state index contributed by atoms with van der Waals surface area (Å²) in [6, 6.07) is 10.7. The number of carbonyl (C=O) groups is 2. The maximum Gasteiger partial charge on any atom is 0.338 e. The van der Waals surface area contributed by atoms with E-state index >= 15 is 0 Å². The fraction of sp³-hybridized carbons (Fsp3) is 0.280. The normalized spacial score (nSPS) is 15.2. The molecule has 0 atom stereocenters. The van der Waals surface area contributed by atoms with Gasteiger partial charge in [-0.2, -0.15) is 0 Å². The molecule has 9 nitrogen and oxygen atoms in total. The number of fused-ring (bicyclic) bond motifs is 1. The predicted octanol–water partition coefficient (Wildman–Crippen LogP) is 3.77. The highest BCUT2D eigenvalue weighted by molar-refractivity contribution is 7.10. The molecule has 1 amide bonds. The Labute approximate surface area is 205 Å². The molecule has 1 fully saturated rings. The van der Waals surface area contributed by atoms with Crippen LogP contribution < -0.4 is 5.48 Å². The Hall–Kier alpha value is -3.60. The molecule has 4 heterocycles. The SMILES string of the molecule is COC(=O)c1ccn2c(-c3csc(C4(c5ccc(C(=O)NO)cc5)CCOCC4)n3)c(C)nc2c1. The van der Waals surface area contributed by atoms with Crippen LogP contribution in [-0.2, 0) is 14.9 Å². The number of hydroxylamine groups is 1. The van der Waals surface area contributed by atoms with Gasteiger partial charge in [-0.1, -0.05) is 12.1 Å². The number of thiazole rings is 1. The van der Waals surface area contributed by atoms with E-state index in [9.17, 15) is 9.59 Å². The van der Waals surface area contributed by atoms with Crippen molar-refractivity contribution in [2.24, 2.45) is 0 Å². The number of pyridine rings is 1. The zero-order chi connectivity index (χ0) is 24.6. The van der Waals surface area contributed by atoms with Gasteiger partial charge in [0.25, 0.3) is 5.91 Å². The smallest absolute Gasteiger partial charge is 0.338 e. The van der Waals surface area contributed by atoms with Crippen molar-refractivity contribution in [1.82, 2.24) is 19.8 Å². The molecule has 1 aliphatic rings. The molecule has 0 unspecified atom stereocenters. The van der Waals surface area contributed by atoms with Crippen molar-refractivity contribution in [1.29, 1.82) is 0 Å². The Bertz CT molecular complexity index is 1400. The Morgan fingerprint density at radius 1 is 1.14 bits per heavy atom. The van der Waals surface area contributed by atoms with Crippen LogP contribution in [0.3, 0.4) is 0 Å². The van der Waals surface area contributed by atoms with Gasteiger partial charge in [-0.05, 0) is 49.6 Å². The average Bonchev–Trinajstić information content (AvgIpc) is 3.51. The summed E-state index contributed by atoms with van der Waals surface area (Å²) >= 11 is 1.59. The number of benzene rings is 1. The van der Waals surface area contributed by atoms with E-state index in [1.807, 2.05) is 35.0 Å². The van der Waals surface area contributed by atoms with Crippen LogP contribution in [0.5, 0.6) is 0 Å². The maximum atomic E-state index is 11.9. The van der Waals surface area contributed by atoms with Crippen molar-refractivity contribution >= 4 is 28.9 Å². The second kappa shape index (κ2) is 9.21. The standard InChI is InChI=1S/C25H24N4O5S/c1-15-21(29-10-7-17(23(31)33-2)13-20(29)26-15)19-14-35-24(27-19)25(8-11-34-12-9-25)18-5-3-16(4-6-18)22(30)28-32/h3-7,10,13-14,32H,8-9,11-12H2,1-2H3,(H,28,30). The number of rotatable bonds is 5. The highest BCUT2D eigenvalue weighted by Gasteiger charge is 2.39. The molecule has 0 radical (unpaired) electrons. The molecule has 5 rings (SSSR count). The third kappa shape index (κ3) is 3.99. The van der Waals surface area contributed by atoms with Crippen molar-refractivity contribution in [3.8, 4) is 11.4 Å². The highest BCUT2D eigenvalue weighted by atomic mass is 32.1. The van der Waals surface area contributed by atoms with Crippen LogP contribution >= 0.6 is 11.3 Å². The Morgan fingerprint density at radius 3 is 2.57 bits per heavy atom. The second-order valence-electron chi connectivity index (χ2n) is 8.43. The number of amides is 1. The molecule has 3 aromatic heterocycles. The van der Waals surface area contributed by atoms with Crippen LogP contribution in [0.4, 0.5) is 0 Å². The lowest BCUT2D eigenvalue weighted by atomic mass is 9.74. The Morgan fingerprint density at radius 2 is 1.89 bits per heavy atom. The molecule has 0 bridgehead atoms. The number of carbonyl (C=O) groups excluding carboxylic acids is 2. The van der Waals surface area contributed by atoms with E-state index in [4.69, 9.17) is 19.7 Å². The molecule has 0 aliphatic carbocycles. The number of aromatic nitrogens is 3. The molecular weight excluding hydrogens is 468 g/mol. The van der Waals surface area contributed by atoms with E-state index in [1.54, 1.807) is 41.1 Å². The quantitative estimate of drug-likeness (QED) is 0.248. The fourth-order valence-electron chi connectivity index (χ4n) is 4.67. The van der Waals surface area contributed by atoms with E-state index in [1.165, 1.54) is 7.11 Å². The molecule has 35 heavy (non-hydrogen) atoms. The number of aryl methyl sites for hydroxylation is 1. The Balaban J connectivity index is 1.56. The number of hydrogen-bond donors (Lipinski definition) is 2. The molecule has 1 aliphatic heterocycles. The maximum absolute atomic E-state index is 11.9. The zero-order valence-electron chi connectivity index (χ0n) is 19.3. The average molecular weight is 493 g/mol. The van der Waals surface area contributed by atoms with Gasteiger partial charge in [-0.25, -0.2) is 20.2 Å². The first-order chi connectivity index (χ1) is 17.0. The van der Waals surface area contributed by atoms with Gasteiger partial charge in [-0.15, -0.1) is 11.3 Å². The summed E-state index contributed by atoms with van der Waals surface area (Å²) in [6.07, 6.45) is 3.34. The van der Waals surface area contributed by atoms with E-state index in [-0.39, 0.29) is 5.41 Å². The van der Waals surface area contributed by atoms with Gasteiger partial charge in [0, 0.05) is 30.4 Å². The monoisotopic (exact) mass is 492 g/mol. The summed E-state index contributed by atoms with van der Waals surface area (Å²) in [6.45, 7) is 3.14. The van der Waals surface area contributed by atoms with Crippen LogP contribution in [0.25, 0.3) is 17.0 Å². The molecule has 1 aromatic carbocycles. The Kier molecular flexibility index (Phi) is 6.10. The van der Waals surface area contributed by atoms with Gasteiger partial charge in [-0.3, -0.25) is 14.4 Å². The lowest BCUT2D eigenvalue weighted by Gasteiger charge is -2.36. The molecule has 2 N–H and O–H groups in total. The molecular formula is C25H24N4O5S. The number of nitrogens with zero attached hydrogens (tertiary/aromatic N) is 3. The molecule has 0 saturated carbocycles. The van der Waals surface area contributed by atoms with E-state index in [0.717, 1.165) is 40.5 Å². The summed E-state index contributed by atoms with van der Waals surface area (Å²) in [5.74, 6) is -0.956. The van der Waals surface area contributed by atoms with Crippen LogP contribution in [-0.4, -0.2) is 51.8 Å². The zero-order valence-corrected chi connectivity index (χ0v) is 20.1. The predicted molar refractivity (Wildman–Crippen MR) is 129 cm³/mol. The number of esters is 1. The lowest BCUT2D eigenvalue weighted by molar-refractivity contribution is 0.0600. The van der Waals surface area contributed by atoms with Gasteiger partial charge < -0.3 is 9.47 Å². The number of hydrogen-bond acceptors (Lipinski definition) is 8. The van der Waals surface area contributed by atoms with Crippen molar-refractivity contribution in [3.05, 3.63) is 75.4 Å². The summed E-state index contributed by atoms with van der Waals surface area (Å²) < 4.78 is 12.4. The fourth-order valence-corrected chi connectivity index (χ4v) is 5.76. The molecule has 1 saturated heterocycles. The molecule has 0 spiro atoms. The summed E-state index contributed by atoms with van der Waals surface area (Å²) in [5, 5.41) is 11.9. The number of imidazole rings is 1. The number of methoxy groups -OCH3 is 1. The van der Waals surface area contributed by atoms with Gasteiger partial charge in [0.2, 0.25) is 0 Å². The largest absolute Gasteiger partial charge is 0.465 e. The second-order valence-corrected chi connectivity index (χ2v) is 9.29. The van der Waals surface area contributed by atoms with Gasteiger partial charge in [0.05, 0.1) is 29.5 Å².